The maximum atomic E-state index is 11.2. The third kappa shape index (κ3) is 3.82. The Balaban J connectivity index is 2.05. The summed E-state index contributed by atoms with van der Waals surface area (Å²) in [5, 5.41) is 13.0. The van der Waals surface area contributed by atoms with Crippen LogP contribution >= 0.6 is 34.5 Å². The Morgan fingerprint density at radius 2 is 2.15 bits per heavy atom. The minimum atomic E-state index is -0.334. The fourth-order valence-corrected chi connectivity index (χ4v) is 2.43. The quantitative estimate of drug-likeness (QED) is 0.849. The van der Waals surface area contributed by atoms with E-state index in [0.717, 1.165) is 5.56 Å². The lowest BCUT2D eigenvalue weighted by molar-refractivity contribution is -0.140. The first kappa shape index (κ1) is 15.0. The number of carbonyl (C=O) groups is 1. The van der Waals surface area contributed by atoms with E-state index in [9.17, 15) is 4.79 Å². The van der Waals surface area contributed by atoms with Gasteiger partial charge in [0.25, 0.3) is 0 Å². The van der Waals surface area contributed by atoms with E-state index in [1.165, 1.54) is 11.3 Å². The molecular weight excluding hydrogens is 321 g/mol. The van der Waals surface area contributed by atoms with Crippen LogP contribution in [0.15, 0.2) is 18.2 Å². The Hall–Kier alpha value is -1.37. The average molecular weight is 332 g/mol. The fraction of sp³-hybridized carbons (Fsp3) is 0.250. The number of halogens is 2. The molecule has 0 spiro atoms. The van der Waals surface area contributed by atoms with Gasteiger partial charge in [-0.3, -0.25) is 4.79 Å². The lowest BCUT2D eigenvalue weighted by Crippen LogP contribution is -2.16. The maximum Gasteiger partial charge on any atom is 0.325 e. The first-order chi connectivity index (χ1) is 9.60. The molecule has 0 saturated carbocycles. The number of hydrogen-bond donors (Lipinski definition) is 1. The van der Waals surface area contributed by atoms with Gasteiger partial charge < -0.3 is 10.1 Å². The molecule has 20 heavy (non-hydrogen) atoms. The molecule has 0 aliphatic heterocycles. The summed E-state index contributed by atoms with van der Waals surface area (Å²) >= 11 is 13.1. The Labute approximate surface area is 129 Å². The van der Waals surface area contributed by atoms with Crippen molar-refractivity contribution in [2.24, 2.45) is 0 Å². The number of ether oxygens (including phenoxy) is 1. The highest BCUT2D eigenvalue weighted by Gasteiger charge is 2.09. The summed E-state index contributed by atoms with van der Waals surface area (Å²) in [7, 11) is 0. The second-order valence-corrected chi connectivity index (χ2v) is 5.49. The number of hydrogen-bond acceptors (Lipinski definition) is 6. The number of nitrogens with one attached hydrogen (secondary N) is 1. The van der Waals surface area contributed by atoms with Gasteiger partial charge >= 0.3 is 5.97 Å². The smallest absolute Gasteiger partial charge is 0.325 e. The Kier molecular flexibility index (Phi) is 5.17. The maximum absolute atomic E-state index is 11.2. The molecule has 5 nitrogen and oxygen atoms in total. The van der Waals surface area contributed by atoms with Crippen LogP contribution in [0.2, 0.25) is 10.0 Å². The zero-order valence-electron chi connectivity index (χ0n) is 10.5. The van der Waals surface area contributed by atoms with Crippen LogP contribution in [0.5, 0.6) is 0 Å². The molecule has 1 heterocycles. The predicted molar refractivity (Wildman–Crippen MR) is 80.5 cm³/mol. The van der Waals surface area contributed by atoms with Gasteiger partial charge in [-0.2, -0.15) is 0 Å². The Bertz CT molecular complexity index is 618. The fourth-order valence-electron chi connectivity index (χ4n) is 1.40. The van der Waals surface area contributed by atoms with Gasteiger partial charge in [0.1, 0.15) is 11.6 Å². The average Bonchev–Trinajstić information content (AvgIpc) is 2.89. The molecular formula is C12H11Cl2N3O2S. The predicted octanol–water partition coefficient (Wildman–Crippen LogP) is 3.49. The van der Waals surface area contributed by atoms with Gasteiger partial charge in [-0.25, -0.2) is 0 Å². The van der Waals surface area contributed by atoms with E-state index in [1.54, 1.807) is 19.1 Å². The number of anilines is 1. The second-order valence-electron chi connectivity index (χ2n) is 3.70. The summed E-state index contributed by atoms with van der Waals surface area (Å²) in [6, 6.07) is 5.23. The van der Waals surface area contributed by atoms with Crippen LogP contribution in [0.25, 0.3) is 10.6 Å². The van der Waals surface area contributed by atoms with Crippen LogP contribution in [0.1, 0.15) is 6.92 Å². The molecule has 106 valence electrons. The Morgan fingerprint density at radius 3 is 2.85 bits per heavy atom. The summed E-state index contributed by atoms with van der Waals surface area (Å²) in [4.78, 5) is 11.2. The SMILES string of the molecule is CCOC(=O)CNc1nnc(-c2ccc(Cl)c(Cl)c2)s1. The lowest BCUT2D eigenvalue weighted by Gasteiger charge is -2.01. The normalized spacial score (nSPS) is 10.3. The van der Waals surface area contributed by atoms with Crippen molar-refractivity contribution in [1.82, 2.24) is 10.2 Å². The minimum absolute atomic E-state index is 0.0594. The van der Waals surface area contributed by atoms with Crippen LogP contribution in [-0.4, -0.2) is 29.3 Å². The largest absolute Gasteiger partial charge is 0.465 e. The molecule has 2 rings (SSSR count). The molecule has 0 aliphatic carbocycles. The van der Waals surface area contributed by atoms with Crippen molar-refractivity contribution in [3.8, 4) is 10.6 Å². The van der Waals surface area contributed by atoms with Gasteiger partial charge in [-0.05, 0) is 19.1 Å². The van der Waals surface area contributed by atoms with Crippen molar-refractivity contribution >= 4 is 45.6 Å². The minimum Gasteiger partial charge on any atom is -0.465 e. The molecule has 0 unspecified atom stereocenters. The van der Waals surface area contributed by atoms with E-state index in [2.05, 4.69) is 15.5 Å². The van der Waals surface area contributed by atoms with E-state index >= 15 is 0 Å². The molecule has 1 aromatic heterocycles. The topological polar surface area (TPSA) is 64.1 Å². The van der Waals surface area contributed by atoms with Gasteiger partial charge in [0, 0.05) is 5.56 Å². The second kappa shape index (κ2) is 6.88. The van der Waals surface area contributed by atoms with Crippen LogP contribution in [0.3, 0.4) is 0 Å². The zero-order chi connectivity index (χ0) is 14.5. The zero-order valence-corrected chi connectivity index (χ0v) is 12.8. The highest BCUT2D eigenvalue weighted by atomic mass is 35.5. The monoisotopic (exact) mass is 331 g/mol. The van der Waals surface area contributed by atoms with Gasteiger partial charge in [-0.15, -0.1) is 10.2 Å². The van der Waals surface area contributed by atoms with E-state index in [4.69, 9.17) is 27.9 Å². The van der Waals surface area contributed by atoms with E-state index in [1.807, 2.05) is 6.07 Å². The van der Waals surface area contributed by atoms with Crippen LogP contribution < -0.4 is 5.32 Å². The lowest BCUT2D eigenvalue weighted by atomic mass is 10.2. The molecule has 8 heteroatoms. The molecule has 0 aliphatic rings. The molecule has 0 radical (unpaired) electrons. The molecule has 0 bridgehead atoms. The molecule has 0 saturated heterocycles. The van der Waals surface area contributed by atoms with E-state index in [-0.39, 0.29) is 12.5 Å². The summed E-state index contributed by atoms with van der Waals surface area (Å²) in [5.41, 5.74) is 0.820. The first-order valence-corrected chi connectivity index (χ1v) is 7.36. The Morgan fingerprint density at radius 1 is 1.35 bits per heavy atom. The number of nitrogens with zero attached hydrogens (tertiary/aromatic N) is 2. The number of benzene rings is 1. The van der Waals surface area contributed by atoms with Gasteiger partial charge in [0.15, 0.2) is 0 Å². The summed E-state index contributed by atoms with van der Waals surface area (Å²) in [5.74, 6) is -0.334. The van der Waals surface area contributed by atoms with E-state index < -0.39 is 0 Å². The van der Waals surface area contributed by atoms with Crippen LogP contribution in [0, 0.1) is 0 Å². The number of aromatic nitrogens is 2. The molecule has 0 atom stereocenters. The highest BCUT2D eigenvalue weighted by molar-refractivity contribution is 7.18. The third-order valence-corrected chi connectivity index (χ3v) is 3.95. The van der Waals surface area contributed by atoms with Crippen molar-refractivity contribution in [3.63, 3.8) is 0 Å². The van der Waals surface area contributed by atoms with Crippen molar-refractivity contribution in [3.05, 3.63) is 28.2 Å². The van der Waals surface area contributed by atoms with E-state index in [0.29, 0.717) is 26.8 Å². The summed E-state index contributed by atoms with van der Waals surface area (Å²) in [6.45, 7) is 2.17. The molecule has 0 fully saturated rings. The standard InChI is InChI=1S/C12H11Cl2N3O2S/c1-2-19-10(18)6-15-12-17-16-11(20-12)7-3-4-8(13)9(14)5-7/h3-5H,2,6H2,1H3,(H,15,17). The third-order valence-electron chi connectivity index (χ3n) is 2.28. The number of rotatable bonds is 5. The summed E-state index contributed by atoms with van der Waals surface area (Å²) in [6.07, 6.45) is 0. The van der Waals surface area contributed by atoms with Gasteiger partial charge in [0.05, 0.1) is 16.7 Å². The number of carbonyl (C=O) groups excluding carboxylic acids is 1. The number of esters is 1. The van der Waals surface area contributed by atoms with Crippen LogP contribution in [-0.2, 0) is 9.53 Å². The molecule has 1 N–H and O–H groups in total. The molecule has 0 amide bonds. The van der Waals surface area contributed by atoms with Gasteiger partial charge in [-0.1, -0.05) is 40.6 Å². The highest BCUT2D eigenvalue weighted by Crippen LogP contribution is 2.31. The van der Waals surface area contributed by atoms with Crippen LogP contribution in [0.4, 0.5) is 5.13 Å². The molecule has 2 aromatic rings. The van der Waals surface area contributed by atoms with Crippen molar-refractivity contribution < 1.29 is 9.53 Å². The summed E-state index contributed by atoms with van der Waals surface area (Å²) < 4.78 is 4.81. The van der Waals surface area contributed by atoms with Crippen molar-refractivity contribution in [1.29, 1.82) is 0 Å². The van der Waals surface area contributed by atoms with Crippen molar-refractivity contribution in [2.75, 3.05) is 18.5 Å². The van der Waals surface area contributed by atoms with Gasteiger partial charge in [0.2, 0.25) is 5.13 Å². The van der Waals surface area contributed by atoms with Crippen molar-refractivity contribution in [2.45, 2.75) is 6.92 Å². The molecule has 1 aromatic carbocycles. The first-order valence-electron chi connectivity index (χ1n) is 5.78.